The van der Waals surface area contributed by atoms with Gasteiger partial charge in [0.05, 0.1) is 6.21 Å². The van der Waals surface area contributed by atoms with Gasteiger partial charge in [0.2, 0.25) is 0 Å². The van der Waals surface area contributed by atoms with Crippen LogP contribution in [0.5, 0.6) is 11.5 Å². The lowest BCUT2D eigenvalue weighted by molar-refractivity contribution is -0.123. The van der Waals surface area contributed by atoms with Gasteiger partial charge in [-0.1, -0.05) is 41.4 Å². The minimum absolute atomic E-state index is 0.0993. The number of nitrogens with one attached hydrogen (secondary N) is 1. The van der Waals surface area contributed by atoms with Gasteiger partial charge < -0.3 is 9.47 Å². The zero-order chi connectivity index (χ0) is 20.5. The van der Waals surface area contributed by atoms with E-state index in [1.807, 2.05) is 79.7 Å². The van der Waals surface area contributed by atoms with Crippen molar-refractivity contribution in [3.8, 4) is 11.5 Å². The average molecular weight is 409 g/mol. The highest BCUT2D eigenvalue weighted by Gasteiger charge is 2.01. The summed E-state index contributed by atoms with van der Waals surface area (Å²) >= 11 is 5.87. The van der Waals surface area contributed by atoms with Gasteiger partial charge in [-0.2, -0.15) is 5.10 Å². The first-order valence-corrected chi connectivity index (χ1v) is 9.45. The predicted molar refractivity (Wildman–Crippen MR) is 115 cm³/mol. The average Bonchev–Trinajstić information content (AvgIpc) is 2.74. The molecular weight excluding hydrogens is 388 g/mol. The number of rotatable bonds is 8. The Kier molecular flexibility index (Phi) is 7.25. The van der Waals surface area contributed by atoms with Gasteiger partial charge in [-0.15, -0.1) is 0 Å². The third-order valence-electron chi connectivity index (χ3n) is 3.99. The molecule has 0 bridgehead atoms. The molecule has 0 aliphatic carbocycles. The fourth-order valence-electron chi connectivity index (χ4n) is 2.39. The Balaban J connectivity index is 1.41. The van der Waals surface area contributed by atoms with Gasteiger partial charge >= 0.3 is 0 Å². The number of carbonyl (C=O) groups excluding carboxylic acids is 1. The Bertz CT molecular complexity index is 953. The predicted octanol–water partition coefficient (Wildman–Crippen LogP) is 4.76. The number of hydrazone groups is 1. The number of hydrogen-bond acceptors (Lipinski definition) is 4. The molecule has 0 radical (unpaired) electrons. The van der Waals surface area contributed by atoms with Crippen LogP contribution in [0, 0.1) is 6.92 Å². The van der Waals surface area contributed by atoms with Gasteiger partial charge in [-0.3, -0.25) is 4.79 Å². The molecule has 0 heterocycles. The third kappa shape index (κ3) is 6.97. The molecule has 0 saturated heterocycles. The molecule has 0 saturated carbocycles. The van der Waals surface area contributed by atoms with E-state index < -0.39 is 0 Å². The zero-order valence-electron chi connectivity index (χ0n) is 16.0. The molecule has 0 aromatic heterocycles. The number of amides is 1. The van der Waals surface area contributed by atoms with Crippen LogP contribution in [0.15, 0.2) is 77.9 Å². The highest BCUT2D eigenvalue weighted by Crippen LogP contribution is 2.15. The van der Waals surface area contributed by atoms with Crippen molar-refractivity contribution in [3.63, 3.8) is 0 Å². The number of benzene rings is 3. The summed E-state index contributed by atoms with van der Waals surface area (Å²) in [6, 6.07) is 22.4. The molecule has 0 spiro atoms. The van der Waals surface area contributed by atoms with E-state index >= 15 is 0 Å². The van der Waals surface area contributed by atoms with Gasteiger partial charge in [-0.25, -0.2) is 5.43 Å². The van der Waals surface area contributed by atoms with E-state index in [9.17, 15) is 4.79 Å². The van der Waals surface area contributed by atoms with E-state index in [0.29, 0.717) is 17.4 Å². The van der Waals surface area contributed by atoms with Crippen LogP contribution in [-0.2, 0) is 11.4 Å². The Hall–Kier alpha value is -3.31. The van der Waals surface area contributed by atoms with Crippen LogP contribution in [0.2, 0.25) is 5.02 Å². The summed E-state index contributed by atoms with van der Waals surface area (Å²) in [5.41, 5.74) is 5.45. The van der Waals surface area contributed by atoms with Gasteiger partial charge in [-0.05, 0) is 66.6 Å². The number of ether oxygens (including phenoxy) is 2. The molecule has 3 aromatic carbocycles. The maximum absolute atomic E-state index is 11.8. The Morgan fingerprint density at radius 2 is 1.55 bits per heavy atom. The molecule has 29 heavy (non-hydrogen) atoms. The summed E-state index contributed by atoms with van der Waals surface area (Å²) < 4.78 is 11.1. The maximum atomic E-state index is 11.8. The zero-order valence-corrected chi connectivity index (χ0v) is 16.7. The number of aryl methyl sites for hydroxylation is 1. The molecule has 148 valence electrons. The second kappa shape index (κ2) is 10.3. The topological polar surface area (TPSA) is 59.9 Å². The highest BCUT2D eigenvalue weighted by molar-refractivity contribution is 6.30. The van der Waals surface area contributed by atoms with Crippen LogP contribution in [-0.4, -0.2) is 18.7 Å². The van der Waals surface area contributed by atoms with Crippen LogP contribution >= 0.6 is 11.6 Å². The van der Waals surface area contributed by atoms with Crippen LogP contribution in [0.1, 0.15) is 16.7 Å². The summed E-state index contributed by atoms with van der Waals surface area (Å²) in [4.78, 5) is 11.8. The van der Waals surface area contributed by atoms with Crippen LogP contribution in [0.4, 0.5) is 0 Å². The van der Waals surface area contributed by atoms with Crippen molar-refractivity contribution in [1.29, 1.82) is 0 Å². The van der Waals surface area contributed by atoms with E-state index in [-0.39, 0.29) is 12.5 Å². The second-order valence-corrected chi connectivity index (χ2v) is 6.82. The lowest BCUT2D eigenvalue weighted by Crippen LogP contribution is -2.24. The molecule has 0 atom stereocenters. The van der Waals surface area contributed by atoms with Gasteiger partial charge in [0.15, 0.2) is 6.61 Å². The Morgan fingerprint density at radius 3 is 2.24 bits per heavy atom. The van der Waals surface area contributed by atoms with E-state index in [1.165, 1.54) is 0 Å². The monoisotopic (exact) mass is 408 g/mol. The first-order valence-electron chi connectivity index (χ1n) is 9.07. The van der Waals surface area contributed by atoms with Crippen LogP contribution in [0.25, 0.3) is 0 Å². The van der Waals surface area contributed by atoms with Gasteiger partial charge in [0.1, 0.15) is 18.1 Å². The number of nitrogens with zero attached hydrogens (tertiary/aromatic N) is 1. The van der Waals surface area contributed by atoms with Crippen LogP contribution in [0.3, 0.4) is 0 Å². The number of carbonyl (C=O) groups is 1. The molecule has 3 aromatic rings. The van der Waals surface area contributed by atoms with Crippen molar-refractivity contribution in [2.24, 2.45) is 5.10 Å². The van der Waals surface area contributed by atoms with Crippen LogP contribution < -0.4 is 14.9 Å². The molecule has 6 heteroatoms. The number of halogens is 1. The van der Waals surface area contributed by atoms with E-state index in [1.54, 1.807) is 6.21 Å². The summed E-state index contributed by atoms with van der Waals surface area (Å²) in [6.45, 7) is 2.35. The molecule has 0 fully saturated rings. The lowest BCUT2D eigenvalue weighted by Gasteiger charge is -2.07. The van der Waals surface area contributed by atoms with Crippen molar-refractivity contribution >= 4 is 23.7 Å². The quantitative estimate of drug-likeness (QED) is 0.432. The van der Waals surface area contributed by atoms with Crippen molar-refractivity contribution < 1.29 is 14.3 Å². The van der Waals surface area contributed by atoms with Gasteiger partial charge in [0, 0.05) is 5.02 Å². The Labute approximate surface area is 174 Å². The van der Waals surface area contributed by atoms with Crippen molar-refractivity contribution in [1.82, 2.24) is 5.43 Å². The minimum atomic E-state index is -0.329. The lowest BCUT2D eigenvalue weighted by atomic mass is 10.2. The highest BCUT2D eigenvalue weighted by atomic mass is 35.5. The summed E-state index contributed by atoms with van der Waals surface area (Å²) in [5.74, 6) is 1.06. The minimum Gasteiger partial charge on any atom is -0.489 e. The summed E-state index contributed by atoms with van der Waals surface area (Å²) in [5, 5.41) is 4.64. The van der Waals surface area contributed by atoms with E-state index in [2.05, 4.69) is 10.5 Å². The molecule has 1 amide bonds. The third-order valence-corrected chi connectivity index (χ3v) is 4.24. The molecule has 5 nitrogen and oxygen atoms in total. The normalized spacial score (nSPS) is 10.7. The molecular formula is C23H21ClN2O3. The van der Waals surface area contributed by atoms with Crippen molar-refractivity contribution in [2.75, 3.05) is 6.61 Å². The second-order valence-electron chi connectivity index (χ2n) is 6.38. The molecule has 0 aliphatic heterocycles. The van der Waals surface area contributed by atoms with Crippen molar-refractivity contribution in [2.45, 2.75) is 13.5 Å². The summed E-state index contributed by atoms with van der Waals surface area (Å²) in [6.07, 6.45) is 1.56. The van der Waals surface area contributed by atoms with E-state index in [0.717, 1.165) is 22.4 Å². The van der Waals surface area contributed by atoms with Crippen molar-refractivity contribution in [3.05, 3.63) is 94.5 Å². The first-order chi connectivity index (χ1) is 14.1. The molecule has 3 rings (SSSR count). The SMILES string of the molecule is Cc1ccc(OCC(=O)N/N=C\c2ccc(OCc3ccc(Cl)cc3)cc2)cc1. The summed E-state index contributed by atoms with van der Waals surface area (Å²) in [7, 11) is 0. The molecule has 0 aliphatic rings. The van der Waals surface area contributed by atoms with E-state index in [4.69, 9.17) is 21.1 Å². The molecule has 0 unspecified atom stereocenters. The molecule has 1 N–H and O–H groups in total. The fraction of sp³-hybridized carbons (Fsp3) is 0.130. The van der Waals surface area contributed by atoms with Gasteiger partial charge in [0.25, 0.3) is 5.91 Å². The first kappa shape index (κ1) is 20.4. The maximum Gasteiger partial charge on any atom is 0.277 e. The smallest absolute Gasteiger partial charge is 0.277 e. The standard InChI is InChI=1S/C23H21ClN2O3/c1-17-2-10-21(11-3-17)29-16-23(27)26-25-14-18-6-12-22(13-7-18)28-15-19-4-8-20(24)9-5-19/h2-14H,15-16H2,1H3,(H,26,27)/b25-14-. The fourth-order valence-corrected chi connectivity index (χ4v) is 2.52. The number of hydrogen-bond donors (Lipinski definition) is 1. The largest absolute Gasteiger partial charge is 0.489 e. The Morgan fingerprint density at radius 1 is 0.931 bits per heavy atom.